The van der Waals surface area contributed by atoms with Gasteiger partial charge in [-0.1, -0.05) is 0 Å². The average Bonchev–Trinajstić information content (AvgIpc) is 2.30. The molecule has 118 valence electrons. The Hall–Kier alpha value is 0.223. The van der Waals surface area contributed by atoms with Crippen LogP contribution in [0.4, 0.5) is 0 Å². The summed E-state index contributed by atoms with van der Waals surface area (Å²) >= 11 is 0. The number of benzene rings is 1. The van der Waals surface area contributed by atoms with Gasteiger partial charge >= 0.3 is 27.0 Å². The molecule has 11 heteroatoms. The number of carbonyl (C=O) groups is 2. The third-order valence-corrected chi connectivity index (χ3v) is 1.90. The quantitative estimate of drug-likeness (QED) is 0.206. The summed E-state index contributed by atoms with van der Waals surface area (Å²) in [5, 5.41) is 11.2. The van der Waals surface area contributed by atoms with E-state index in [0.717, 1.165) is 5.56 Å². The summed E-state index contributed by atoms with van der Waals surface area (Å²) < 4.78 is 0. The van der Waals surface area contributed by atoms with Crippen molar-refractivity contribution in [2.45, 2.75) is 19.4 Å². The molecule has 1 rings (SSSR count). The molecule has 1 aromatic rings. The normalized spacial score (nSPS) is 8.41. The number of nitrogens with zero attached hydrogens (tertiary/aromatic N) is 3. The van der Waals surface area contributed by atoms with Crippen molar-refractivity contribution in [1.82, 2.24) is 5.32 Å². The van der Waals surface area contributed by atoms with Crippen molar-refractivity contribution in [3.63, 3.8) is 0 Å². The van der Waals surface area contributed by atoms with Crippen LogP contribution >= 0.6 is 0 Å². The average molecular weight is 984 g/mol. The van der Waals surface area contributed by atoms with Crippen LogP contribution in [0, 0.1) is 6.07 Å². The predicted octanol–water partition coefficient (Wildman–Crippen LogP) is 1.47. The SMILES string of the molecule is CC(=O)NC(Cc1cc[c-]cc1)C(=O)O.[N-]=[N+]=[N-].[W+2].[W].[W].[W]. The Balaban J connectivity index is -0.000000127. The number of rotatable bonds is 4. The van der Waals surface area contributed by atoms with Crippen LogP contribution in [-0.2, 0) is 100 Å². The zero-order valence-corrected chi connectivity index (χ0v) is 23.1. The van der Waals surface area contributed by atoms with Crippen LogP contribution in [0.2, 0.25) is 0 Å². The maximum absolute atomic E-state index is 10.8. The summed E-state index contributed by atoms with van der Waals surface area (Å²) in [5.74, 6) is -1.37. The van der Waals surface area contributed by atoms with Gasteiger partial charge in [0.25, 0.3) is 0 Å². The van der Waals surface area contributed by atoms with Crippen LogP contribution in [0.5, 0.6) is 0 Å². The number of hydrogen-bond acceptors (Lipinski definition) is 2. The van der Waals surface area contributed by atoms with Crippen molar-refractivity contribution < 1.29 is 99.0 Å². The van der Waals surface area contributed by atoms with Crippen LogP contribution in [0.15, 0.2) is 24.3 Å². The van der Waals surface area contributed by atoms with Crippen LogP contribution in [0.25, 0.3) is 16.0 Å². The first-order valence-electron chi connectivity index (χ1n) is 4.94. The monoisotopic (exact) mass is 984 g/mol. The van der Waals surface area contributed by atoms with Crippen molar-refractivity contribution in [2.75, 3.05) is 0 Å². The van der Waals surface area contributed by atoms with Crippen LogP contribution < -0.4 is 5.32 Å². The van der Waals surface area contributed by atoms with Gasteiger partial charge in [0.15, 0.2) is 0 Å². The number of carbonyl (C=O) groups excluding carboxylic acids is 1. The minimum atomic E-state index is -1.03. The Morgan fingerprint density at radius 1 is 1.27 bits per heavy atom. The molecule has 1 aromatic carbocycles. The fourth-order valence-corrected chi connectivity index (χ4v) is 1.24. The standard InChI is InChI=1S/C11H12NO3.N3.4W/c1-8(13)12-10(11(14)15)7-9-5-3-2-4-6-9;1-3-2;;;;/h3-6,10H,7H2,1H3,(H,12,13)(H,14,15);;;;;/q2*-1;;;;+2. The van der Waals surface area contributed by atoms with E-state index in [1.54, 1.807) is 24.3 Å². The molecule has 2 N–H and O–H groups in total. The number of carboxylic acids is 1. The zero-order valence-electron chi connectivity index (χ0n) is 11.3. The van der Waals surface area contributed by atoms with Crippen LogP contribution in [0.3, 0.4) is 0 Å². The van der Waals surface area contributed by atoms with Gasteiger partial charge in [-0.15, -0.1) is 0 Å². The van der Waals surface area contributed by atoms with E-state index in [2.05, 4.69) is 11.4 Å². The van der Waals surface area contributed by atoms with E-state index in [9.17, 15) is 9.59 Å². The van der Waals surface area contributed by atoms with Gasteiger partial charge in [-0.25, -0.2) is 4.79 Å². The third-order valence-electron chi connectivity index (χ3n) is 1.90. The molecule has 0 saturated carbocycles. The molecule has 0 heterocycles. The molecule has 0 aliphatic carbocycles. The predicted molar refractivity (Wildman–Crippen MR) is 64.3 cm³/mol. The van der Waals surface area contributed by atoms with Gasteiger partial charge in [0.1, 0.15) is 6.04 Å². The smallest absolute Gasteiger partial charge is 0.480 e. The second-order valence-electron chi connectivity index (χ2n) is 3.29. The molecule has 0 fully saturated rings. The Morgan fingerprint density at radius 3 is 2.00 bits per heavy atom. The minimum Gasteiger partial charge on any atom is -0.480 e. The summed E-state index contributed by atoms with van der Waals surface area (Å²) in [6.07, 6.45) is 0.281. The first-order valence-corrected chi connectivity index (χ1v) is 4.94. The molecule has 7 nitrogen and oxygen atoms in total. The van der Waals surface area contributed by atoms with Gasteiger partial charge < -0.3 is 21.5 Å². The summed E-state index contributed by atoms with van der Waals surface area (Å²) in [6, 6.07) is 8.94. The van der Waals surface area contributed by atoms with Crippen molar-refractivity contribution >= 4 is 11.9 Å². The maximum Gasteiger partial charge on any atom is 2.00 e. The number of amides is 1. The first-order chi connectivity index (χ1) is 8.51. The number of nitrogens with one attached hydrogen (secondary N) is 1. The molecule has 0 radical (unpaired) electrons. The molecular formula is C11H12N4O3W4. The Kier molecular flexibility index (Phi) is 32.6. The van der Waals surface area contributed by atoms with Crippen LogP contribution in [0.1, 0.15) is 12.5 Å². The second kappa shape index (κ2) is 21.2. The van der Waals surface area contributed by atoms with E-state index in [4.69, 9.17) is 16.2 Å². The van der Waals surface area contributed by atoms with E-state index in [-0.39, 0.29) is 96.6 Å². The fraction of sp³-hybridized carbons (Fsp3) is 0.273. The van der Waals surface area contributed by atoms with Crippen molar-refractivity contribution in [3.8, 4) is 0 Å². The van der Waals surface area contributed by atoms with E-state index in [1.165, 1.54) is 11.8 Å². The van der Waals surface area contributed by atoms with Gasteiger partial charge in [-0.2, -0.15) is 35.9 Å². The van der Waals surface area contributed by atoms with Crippen molar-refractivity contribution in [1.29, 1.82) is 0 Å². The summed E-state index contributed by atoms with van der Waals surface area (Å²) in [5.41, 5.74) is 14.4. The minimum absolute atomic E-state index is 0. The van der Waals surface area contributed by atoms with Crippen molar-refractivity contribution in [2.24, 2.45) is 0 Å². The molecule has 1 unspecified atom stereocenters. The third kappa shape index (κ3) is 18.3. The van der Waals surface area contributed by atoms with E-state index >= 15 is 0 Å². The van der Waals surface area contributed by atoms with Gasteiger partial charge in [-0.3, -0.25) is 9.71 Å². The summed E-state index contributed by atoms with van der Waals surface area (Å²) in [7, 11) is 0. The molecule has 1 amide bonds. The molecule has 0 aliphatic rings. The fourth-order valence-electron chi connectivity index (χ4n) is 1.24. The molecule has 0 bridgehead atoms. The molecular weight excluding hydrogens is 972 g/mol. The van der Waals surface area contributed by atoms with E-state index < -0.39 is 12.0 Å². The topological polar surface area (TPSA) is 125 Å². The molecule has 22 heavy (non-hydrogen) atoms. The van der Waals surface area contributed by atoms with Crippen LogP contribution in [-0.4, -0.2) is 23.0 Å². The zero-order chi connectivity index (χ0) is 14.0. The van der Waals surface area contributed by atoms with Gasteiger partial charge in [-0.05, 0) is 6.42 Å². The van der Waals surface area contributed by atoms with Crippen molar-refractivity contribution in [3.05, 3.63) is 51.9 Å². The number of aliphatic carboxylic acids is 1. The number of hydrogen-bond donors (Lipinski definition) is 2. The second-order valence-corrected chi connectivity index (χ2v) is 3.29. The molecule has 0 spiro atoms. The molecule has 1 atom stereocenters. The van der Waals surface area contributed by atoms with Gasteiger partial charge in [0.2, 0.25) is 5.91 Å². The van der Waals surface area contributed by atoms with E-state index in [1.807, 2.05) is 0 Å². The van der Waals surface area contributed by atoms with Gasteiger partial charge in [0.05, 0.1) is 0 Å². The largest absolute Gasteiger partial charge is 2.00 e. The number of carboxylic acid groups (broad SMARTS) is 1. The Bertz CT molecular complexity index is 442. The summed E-state index contributed by atoms with van der Waals surface area (Å²) in [6.45, 7) is 1.30. The Labute approximate surface area is 185 Å². The molecule has 0 aliphatic heterocycles. The first kappa shape index (κ1) is 33.7. The molecule has 0 saturated heterocycles. The summed E-state index contributed by atoms with van der Waals surface area (Å²) in [4.78, 5) is 23.1. The maximum atomic E-state index is 10.8. The van der Waals surface area contributed by atoms with E-state index in [0.29, 0.717) is 0 Å². The Morgan fingerprint density at radius 2 is 1.68 bits per heavy atom. The molecule has 0 aromatic heterocycles. The van der Waals surface area contributed by atoms with Gasteiger partial charge in [0, 0.05) is 70.1 Å².